The largest absolute Gasteiger partial charge is 0.493 e. The molecular weight excluding hydrogens is 242 g/mol. The Labute approximate surface area is 116 Å². The van der Waals surface area contributed by atoms with Gasteiger partial charge in [-0.2, -0.15) is 11.8 Å². The van der Waals surface area contributed by atoms with E-state index < -0.39 is 0 Å². The second-order valence-corrected chi connectivity index (χ2v) is 5.47. The molecule has 3 heteroatoms. The molecule has 2 nitrogen and oxygen atoms in total. The minimum Gasteiger partial charge on any atom is -0.493 e. The molecule has 0 aliphatic heterocycles. The Hall–Kier alpha value is -0.670. The van der Waals surface area contributed by atoms with Gasteiger partial charge in [0.15, 0.2) is 0 Å². The maximum atomic E-state index is 5.84. The average molecular weight is 267 g/mol. The van der Waals surface area contributed by atoms with Crippen LogP contribution in [-0.2, 0) is 0 Å². The molecule has 18 heavy (non-hydrogen) atoms. The fraction of sp³-hybridized carbons (Fsp3) is 0.600. The zero-order valence-electron chi connectivity index (χ0n) is 11.7. The van der Waals surface area contributed by atoms with E-state index in [2.05, 4.69) is 44.3 Å². The molecule has 1 aromatic rings. The fourth-order valence-electron chi connectivity index (χ4n) is 1.85. The molecule has 0 aliphatic rings. The predicted octanol–water partition coefficient (Wildman–Crippen LogP) is 3.88. The Balaban J connectivity index is 2.80. The number of rotatable bonds is 9. The van der Waals surface area contributed by atoms with Gasteiger partial charge in [-0.1, -0.05) is 39.0 Å². The zero-order valence-corrected chi connectivity index (χ0v) is 12.6. The highest BCUT2D eigenvalue weighted by atomic mass is 32.2. The van der Waals surface area contributed by atoms with E-state index >= 15 is 0 Å². The Morgan fingerprint density at radius 1 is 1.22 bits per heavy atom. The summed E-state index contributed by atoms with van der Waals surface area (Å²) in [5.74, 6) is 3.28. The van der Waals surface area contributed by atoms with Gasteiger partial charge in [0.05, 0.1) is 6.61 Å². The summed E-state index contributed by atoms with van der Waals surface area (Å²) in [6.45, 7) is 8.26. The lowest BCUT2D eigenvalue weighted by Crippen LogP contribution is -2.23. The first-order chi connectivity index (χ1) is 8.83. The minimum absolute atomic E-state index is 0.382. The Morgan fingerprint density at radius 2 is 2.00 bits per heavy atom. The quantitative estimate of drug-likeness (QED) is 0.733. The van der Waals surface area contributed by atoms with Crippen molar-refractivity contribution in [1.82, 2.24) is 5.32 Å². The number of para-hydroxylation sites is 1. The normalized spacial score (nSPS) is 12.4. The molecule has 0 bridgehead atoms. The molecule has 0 radical (unpaired) electrons. The SMILES string of the molecule is CCCOc1ccccc1C(CSCC)NCC. The van der Waals surface area contributed by atoms with Gasteiger partial charge in [0, 0.05) is 17.4 Å². The third kappa shape index (κ3) is 4.91. The van der Waals surface area contributed by atoms with Crippen molar-refractivity contribution >= 4 is 11.8 Å². The van der Waals surface area contributed by atoms with Gasteiger partial charge in [0.2, 0.25) is 0 Å². The van der Waals surface area contributed by atoms with Crippen LogP contribution in [-0.4, -0.2) is 24.7 Å². The molecule has 1 rings (SSSR count). The van der Waals surface area contributed by atoms with Crippen LogP contribution in [0.1, 0.15) is 38.8 Å². The van der Waals surface area contributed by atoms with Crippen molar-refractivity contribution in [2.24, 2.45) is 0 Å². The highest BCUT2D eigenvalue weighted by Crippen LogP contribution is 2.27. The van der Waals surface area contributed by atoms with Gasteiger partial charge in [-0.25, -0.2) is 0 Å². The van der Waals surface area contributed by atoms with E-state index in [-0.39, 0.29) is 0 Å². The molecular formula is C15H25NOS. The van der Waals surface area contributed by atoms with E-state index in [9.17, 15) is 0 Å². The molecule has 1 N–H and O–H groups in total. The molecule has 0 fully saturated rings. The first-order valence-corrected chi connectivity index (χ1v) is 8.01. The van der Waals surface area contributed by atoms with Crippen molar-refractivity contribution in [3.63, 3.8) is 0 Å². The van der Waals surface area contributed by atoms with Gasteiger partial charge in [0.25, 0.3) is 0 Å². The van der Waals surface area contributed by atoms with Gasteiger partial charge in [-0.15, -0.1) is 0 Å². The molecule has 0 heterocycles. The number of hydrogen-bond acceptors (Lipinski definition) is 3. The lowest BCUT2D eigenvalue weighted by molar-refractivity contribution is 0.311. The van der Waals surface area contributed by atoms with Gasteiger partial charge in [0.1, 0.15) is 5.75 Å². The molecule has 1 unspecified atom stereocenters. The summed E-state index contributed by atoms with van der Waals surface area (Å²) in [6, 6.07) is 8.77. The summed E-state index contributed by atoms with van der Waals surface area (Å²) in [4.78, 5) is 0. The third-order valence-electron chi connectivity index (χ3n) is 2.70. The van der Waals surface area contributed by atoms with Gasteiger partial charge in [-0.05, 0) is 24.8 Å². The van der Waals surface area contributed by atoms with Crippen LogP contribution in [0.2, 0.25) is 0 Å². The van der Waals surface area contributed by atoms with E-state index in [1.807, 2.05) is 17.8 Å². The Bertz CT molecular complexity index is 330. The maximum Gasteiger partial charge on any atom is 0.124 e. The van der Waals surface area contributed by atoms with Crippen molar-refractivity contribution in [2.75, 3.05) is 24.7 Å². The topological polar surface area (TPSA) is 21.3 Å². The van der Waals surface area contributed by atoms with Crippen LogP contribution in [0.5, 0.6) is 5.75 Å². The summed E-state index contributed by atoms with van der Waals surface area (Å²) < 4.78 is 5.84. The summed E-state index contributed by atoms with van der Waals surface area (Å²) in [5, 5.41) is 3.55. The van der Waals surface area contributed by atoms with Crippen LogP contribution in [0, 0.1) is 0 Å². The molecule has 0 saturated heterocycles. The number of ether oxygens (including phenoxy) is 1. The van der Waals surface area contributed by atoms with E-state index in [0.29, 0.717) is 6.04 Å². The first kappa shape index (κ1) is 15.4. The maximum absolute atomic E-state index is 5.84. The van der Waals surface area contributed by atoms with Crippen molar-refractivity contribution < 1.29 is 4.74 Å². The van der Waals surface area contributed by atoms with Crippen LogP contribution in [0.3, 0.4) is 0 Å². The minimum atomic E-state index is 0.382. The molecule has 0 aliphatic carbocycles. The standard InChI is InChI=1S/C15H25NOS/c1-4-11-17-15-10-8-7-9-13(15)14(16-5-2)12-18-6-3/h7-10,14,16H,4-6,11-12H2,1-3H3. The fourth-order valence-corrected chi connectivity index (χ4v) is 2.62. The van der Waals surface area contributed by atoms with Crippen molar-refractivity contribution in [3.8, 4) is 5.75 Å². The highest BCUT2D eigenvalue weighted by molar-refractivity contribution is 7.99. The summed E-state index contributed by atoms with van der Waals surface area (Å²) in [5.41, 5.74) is 1.29. The number of nitrogens with one attached hydrogen (secondary N) is 1. The van der Waals surface area contributed by atoms with Crippen LogP contribution < -0.4 is 10.1 Å². The second-order valence-electron chi connectivity index (χ2n) is 4.16. The zero-order chi connectivity index (χ0) is 13.2. The van der Waals surface area contributed by atoms with E-state index in [4.69, 9.17) is 4.74 Å². The van der Waals surface area contributed by atoms with Gasteiger partial charge >= 0.3 is 0 Å². The molecule has 0 saturated carbocycles. The van der Waals surface area contributed by atoms with Crippen LogP contribution in [0.4, 0.5) is 0 Å². The molecule has 0 amide bonds. The highest BCUT2D eigenvalue weighted by Gasteiger charge is 2.14. The number of thioether (sulfide) groups is 1. The summed E-state index contributed by atoms with van der Waals surface area (Å²) in [6.07, 6.45) is 1.05. The Kier molecular flexibility index (Phi) is 7.94. The third-order valence-corrected chi connectivity index (χ3v) is 3.67. The molecule has 102 valence electrons. The van der Waals surface area contributed by atoms with Crippen LogP contribution in [0.25, 0.3) is 0 Å². The molecule has 1 aromatic carbocycles. The van der Waals surface area contributed by atoms with Gasteiger partial charge < -0.3 is 10.1 Å². The average Bonchev–Trinajstić information content (AvgIpc) is 2.41. The monoisotopic (exact) mass is 267 g/mol. The Morgan fingerprint density at radius 3 is 2.67 bits per heavy atom. The van der Waals surface area contributed by atoms with E-state index in [1.165, 1.54) is 5.56 Å². The number of hydrogen-bond donors (Lipinski definition) is 1. The summed E-state index contributed by atoms with van der Waals surface area (Å²) >= 11 is 1.97. The van der Waals surface area contributed by atoms with Crippen LogP contribution >= 0.6 is 11.8 Å². The van der Waals surface area contributed by atoms with Crippen molar-refractivity contribution in [3.05, 3.63) is 29.8 Å². The van der Waals surface area contributed by atoms with E-state index in [0.717, 1.165) is 36.8 Å². The molecule has 0 spiro atoms. The summed E-state index contributed by atoms with van der Waals surface area (Å²) in [7, 11) is 0. The molecule has 1 atom stereocenters. The predicted molar refractivity (Wildman–Crippen MR) is 81.6 cm³/mol. The lowest BCUT2D eigenvalue weighted by atomic mass is 10.1. The van der Waals surface area contributed by atoms with Crippen molar-refractivity contribution in [2.45, 2.75) is 33.2 Å². The smallest absolute Gasteiger partial charge is 0.124 e. The lowest BCUT2D eigenvalue weighted by Gasteiger charge is -2.21. The van der Waals surface area contributed by atoms with Crippen LogP contribution in [0.15, 0.2) is 24.3 Å². The number of benzene rings is 1. The van der Waals surface area contributed by atoms with E-state index in [1.54, 1.807) is 0 Å². The van der Waals surface area contributed by atoms with Gasteiger partial charge in [-0.3, -0.25) is 0 Å². The first-order valence-electron chi connectivity index (χ1n) is 6.86. The second kappa shape index (κ2) is 9.29. The van der Waals surface area contributed by atoms with Crippen molar-refractivity contribution in [1.29, 1.82) is 0 Å². The molecule has 0 aromatic heterocycles.